The van der Waals surface area contributed by atoms with Gasteiger partial charge in [-0.2, -0.15) is 0 Å². The van der Waals surface area contributed by atoms with Crippen LogP contribution in [0, 0.1) is 5.92 Å². The second kappa shape index (κ2) is 9.12. The molecule has 1 fully saturated rings. The fourth-order valence-electron chi connectivity index (χ4n) is 2.71. The molecular formula is C15H24ClN3O2S. The lowest BCUT2D eigenvalue weighted by atomic mass is 9.98. The number of hydrogen-bond acceptors (Lipinski definition) is 4. The van der Waals surface area contributed by atoms with Gasteiger partial charge in [0.15, 0.2) is 0 Å². The number of piperidine rings is 1. The number of likely N-dealkylation sites (tertiary alicyclic amines) is 1. The van der Waals surface area contributed by atoms with Gasteiger partial charge < -0.3 is 15.1 Å². The molecule has 1 aliphatic rings. The molecule has 1 N–H and O–H groups in total. The molecule has 7 heteroatoms. The zero-order valence-electron chi connectivity index (χ0n) is 13.1. The third-order valence-corrected chi connectivity index (χ3v) is 4.67. The van der Waals surface area contributed by atoms with Crippen LogP contribution in [-0.2, 0) is 4.79 Å². The van der Waals surface area contributed by atoms with Crippen LogP contribution in [0.25, 0.3) is 0 Å². The van der Waals surface area contributed by atoms with Crippen LogP contribution in [0.15, 0.2) is 17.5 Å². The molecule has 1 aromatic rings. The van der Waals surface area contributed by atoms with E-state index in [1.807, 2.05) is 23.4 Å². The maximum atomic E-state index is 12.3. The van der Waals surface area contributed by atoms with Crippen molar-refractivity contribution in [1.82, 2.24) is 15.1 Å². The summed E-state index contributed by atoms with van der Waals surface area (Å²) in [4.78, 5) is 28.6. The number of amides is 2. The monoisotopic (exact) mass is 345 g/mol. The zero-order chi connectivity index (χ0) is 15.2. The molecule has 0 bridgehead atoms. The minimum atomic E-state index is -0.0814. The van der Waals surface area contributed by atoms with Crippen molar-refractivity contribution < 1.29 is 9.59 Å². The highest BCUT2D eigenvalue weighted by atomic mass is 35.5. The van der Waals surface area contributed by atoms with Crippen LogP contribution in [0.3, 0.4) is 0 Å². The van der Waals surface area contributed by atoms with E-state index in [0.717, 1.165) is 32.5 Å². The Morgan fingerprint density at radius 2 is 2.27 bits per heavy atom. The molecule has 124 valence electrons. The highest BCUT2D eigenvalue weighted by molar-refractivity contribution is 7.12. The summed E-state index contributed by atoms with van der Waals surface area (Å²) in [5, 5.41) is 5.04. The van der Waals surface area contributed by atoms with E-state index in [1.54, 1.807) is 13.1 Å². The van der Waals surface area contributed by atoms with Crippen molar-refractivity contribution in [3.8, 4) is 0 Å². The van der Waals surface area contributed by atoms with Gasteiger partial charge in [-0.05, 0) is 43.8 Å². The van der Waals surface area contributed by atoms with Gasteiger partial charge in [-0.15, -0.1) is 23.7 Å². The Hall–Kier alpha value is -1.11. The molecule has 22 heavy (non-hydrogen) atoms. The van der Waals surface area contributed by atoms with Gasteiger partial charge >= 0.3 is 0 Å². The Balaban J connectivity index is 0.00000242. The average molecular weight is 346 g/mol. The van der Waals surface area contributed by atoms with Crippen molar-refractivity contribution >= 4 is 35.6 Å². The van der Waals surface area contributed by atoms with Crippen LogP contribution < -0.4 is 5.32 Å². The molecule has 5 nitrogen and oxygen atoms in total. The van der Waals surface area contributed by atoms with Crippen LogP contribution in [0.2, 0.25) is 0 Å². The molecule has 0 aromatic carbocycles. The van der Waals surface area contributed by atoms with E-state index in [2.05, 4.69) is 5.32 Å². The Bertz CT molecular complexity index is 479. The van der Waals surface area contributed by atoms with Gasteiger partial charge in [-0.25, -0.2) is 0 Å². The van der Waals surface area contributed by atoms with Gasteiger partial charge in [-0.1, -0.05) is 6.07 Å². The maximum absolute atomic E-state index is 12.3. The van der Waals surface area contributed by atoms with E-state index in [9.17, 15) is 9.59 Å². The van der Waals surface area contributed by atoms with Crippen LogP contribution in [0.5, 0.6) is 0 Å². The lowest BCUT2D eigenvalue weighted by Crippen LogP contribution is -2.46. The normalized spacial score (nSPS) is 17.7. The fourth-order valence-corrected chi connectivity index (χ4v) is 3.43. The second-order valence-electron chi connectivity index (χ2n) is 5.54. The number of likely N-dealkylation sites (N-methyl/N-ethyl adjacent to an activating group) is 1. The molecule has 1 unspecified atom stereocenters. The number of hydrogen-bond donors (Lipinski definition) is 1. The summed E-state index contributed by atoms with van der Waals surface area (Å²) in [6, 6.07) is 3.64. The highest BCUT2D eigenvalue weighted by Crippen LogP contribution is 2.16. The molecule has 1 saturated heterocycles. The number of thiophene rings is 1. The van der Waals surface area contributed by atoms with Crippen molar-refractivity contribution in [2.45, 2.75) is 12.8 Å². The predicted molar refractivity (Wildman–Crippen MR) is 91.8 cm³/mol. The molecule has 2 rings (SSSR count). The van der Waals surface area contributed by atoms with Crippen molar-refractivity contribution in [3.63, 3.8) is 0 Å². The lowest BCUT2D eigenvalue weighted by Gasteiger charge is -2.33. The SMILES string of the molecule is CNCC1CCCN(C(=O)CN(C)C(=O)c2cccs2)C1.Cl. The molecule has 1 aliphatic heterocycles. The summed E-state index contributed by atoms with van der Waals surface area (Å²) < 4.78 is 0. The van der Waals surface area contributed by atoms with Gasteiger partial charge in [0.2, 0.25) is 5.91 Å². The van der Waals surface area contributed by atoms with E-state index in [1.165, 1.54) is 16.2 Å². The first-order chi connectivity index (χ1) is 10.1. The lowest BCUT2D eigenvalue weighted by molar-refractivity contribution is -0.133. The van der Waals surface area contributed by atoms with Crippen LogP contribution >= 0.6 is 23.7 Å². The molecule has 1 aromatic heterocycles. The summed E-state index contributed by atoms with van der Waals surface area (Å²) in [5.41, 5.74) is 0. The van der Waals surface area contributed by atoms with Gasteiger partial charge in [0.1, 0.15) is 0 Å². The zero-order valence-corrected chi connectivity index (χ0v) is 14.7. The minimum Gasteiger partial charge on any atom is -0.341 e. The largest absolute Gasteiger partial charge is 0.341 e. The van der Waals surface area contributed by atoms with Gasteiger partial charge in [-0.3, -0.25) is 9.59 Å². The average Bonchev–Trinajstić information content (AvgIpc) is 3.01. The fraction of sp³-hybridized carbons (Fsp3) is 0.600. The van der Waals surface area contributed by atoms with Crippen LogP contribution in [0.1, 0.15) is 22.5 Å². The van der Waals surface area contributed by atoms with Crippen molar-refractivity contribution in [3.05, 3.63) is 22.4 Å². The third-order valence-electron chi connectivity index (χ3n) is 3.82. The molecule has 0 radical (unpaired) electrons. The van der Waals surface area contributed by atoms with Crippen molar-refractivity contribution in [2.24, 2.45) is 5.92 Å². The molecule has 2 amide bonds. The van der Waals surface area contributed by atoms with E-state index >= 15 is 0 Å². The first-order valence-corrected chi connectivity index (χ1v) is 8.21. The summed E-state index contributed by atoms with van der Waals surface area (Å²) in [7, 11) is 3.63. The second-order valence-corrected chi connectivity index (χ2v) is 6.49. The van der Waals surface area contributed by atoms with Crippen LogP contribution in [0.4, 0.5) is 0 Å². The van der Waals surface area contributed by atoms with Crippen molar-refractivity contribution in [2.75, 3.05) is 40.3 Å². The van der Waals surface area contributed by atoms with Crippen LogP contribution in [-0.4, -0.2) is 61.9 Å². The molecule has 0 spiro atoms. The van der Waals surface area contributed by atoms with Gasteiger partial charge in [0, 0.05) is 20.1 Å². The first kappa shape index (κ1) is 18.9. The van der Waals surface area contributed by atoms with Crippen molar-refractivity contribution in [1.29, 1.82) is 0 Å². The number of halogens is 1. The number of nitrogens with zero attached hydrogens (tertiary/aromatic N) is 2. The minimum absolute atomic E-state index is 0. The Labute approximate surface area is 142 Å². The quantitative estimate of drug-likeness (QED) is 0.883. The Morgan fingerprint density at radius 1 is 1.50 bits per heavy atom. The van der Waals surface area contributed by atoms with E-state index in [-0.39, 0.29) is 30.8 Å². The van der Waals surface area contributed by atoms with E-state index in [4.69, 9.17) is 0 Å². The maximum Gasteiger partial charge on any atom is 0.264 e. The standard InChI is InChI=1S/C15H23N3O2S.ClH/c1-16-9-12-5-3-7-18(10-12)14(19)11-17(2)15(20)13-6-4-8-21-13;/h4,6,8,12,16H,3,5,7,9-11H2,1-2H3;1H. The highest BCUT2D eigenvalue weighted by Gasteiger charge is 2.25. The van der Waals surface area contributed by atoms with Gasteiger partial charge in [0.05, 0.1) is 11.4 Å². The number of nitrogens with one attached hydrogen (secondary N) is 1. The Kier molecular flexibility index (Phi) is 7.85. The van der Waals surface area contributed by atoms with E-state index < -0.39 is 0 Å². The summed E-state index contributed by atoms with van der Waals surface area (Å²) in [6.45, 7) is 2.69. The molecular weight excluding hydrogens is 322 g/mol. The number of carbonyl (C=O) groups excluding carboxylic acids is 2. The summed E-state index contributed by atoms with van der Waals surface area (Å²) in [5.74, 6) is 0.483. The number of carbonyl (C=O) groups is 2. The molecule has 0 aliphatic carbocycles. The topological polar surface area (TPSA) is 52.7 Å². The number of rotatable bonds is 5. The van der Waals surface area contributed by atoms with E-state index in [0.29, 0.717) is 10.8 Å². The third kappa shape index (κ3) is 4.97. The molecule has 2 heterocycles. The predicted octanol–water partition coefficient (Wildman–Crippen LogP) is 1.70. The Morgan fingerprint density at radius 3 is 2.91 bits per heavy atom. The smallest absolute Gasteiger partial charge is 0.264 e. The summed E-state index contributed by atoms with van der Waals surface area (Å²) in [6.07, 6.45) is 2.20. The first-order valence-electron chi connectivity index (χ1n) is 7.33. The molecule has 0 saturated carbocycles. The molecule has 1 atom stereocenters. The summed E-state index contributed by atoms with van der Waals surface area (Å²) >= 11 is 1.40. The van der Waals surface area contributed by atoms with Gasteiger partial charge in [0.25, 0.3) is 5.91 Å².